The van der Waals surface area contributed by atoms with Crippen LogP contribution in [0, 0.1) is 5.92 Å². The van der Waals surface area contributed by atoms with Crippen molar-refractivity contribution in [2.45, 2.75) is 32.8 Å². The maximum atomic E-state index is 12.1. The molecule has 0 aliphatic carbocycles. The summed E-state index contributed by atoms with van der Waals surface area (Å²) >= 11 is 0. The van der Waals surface area contributed by atoms with Crippen LogP contribution in [0.4, 0.5) is 5.69 Å². The summed E-state index contributed by atoms with van der Waals surface area (Å²) in [5.74, 6) is -0.454. The van der Waals surface area contributed by atoms with Crippen molar-refractivity contribution >= 4 is 17.6 Å². The Bertz CT molecular complexity index is 660. The van der Waals surface area contributed by atoms with Gasteiger partial charge in [0.05, 0.1) is 5.56 Å². The van der Waals surface area contributed by atoms with E-state index in [0.29, 0.717) is 30.8 Å². The highest BCUT2D eigenvalue weighted by atomic mass is 16.6. The van der Waals surface area contributed by atoms with E-state index >= 15 is 0 Å². The molecule has 1 unspecified atom stereocenters. The summed E-state index contributed by atoms with van der Waals surface area (Å²) in [5, 5.41) is 3.53. The molecule has 1 saturated heterocycles. The molecule has 1 fully saturated rings. The number of hydrogen-bond acceptors (Lipinski definition) is 4. The number of hydrogen-bond donors (Lipinski definition) is 0. The zero-order valence-electron chi connectivity index (χ0n) is 13.5. The first kappa shape index (κ1) is 16.8. The van der Waals surface area contributed by atoms with E-state index < -0.39 is 11.6 Å². The lowest BCUT2D eigenvalue weighted by molar-refractivity contribution is -0.117. The van der Waals surface area contributed by atoms with Crippen LogP contribution in [-0.4, -0.2) is 30.6 Å². The van der Waals surface area contributed by atoms with E-state index in [9.17, 15) is 9.59 Å². The van der Waals surface area contributed by atoms with E-state index in [1.54, 1.807) is 49.9 Å². The number of rotatable bonds is 4. The van der Waals surface area contributed by atoms with Crippen LogP contribution in [0.3, 0.4) is 0 Å². The smallest absolute Gasteiger partial charge is 0.338 e. The second kappa shape index (κ2) is 6.71. The van der Waals surface area contributed by atoms with E-state index in [0.717, 1.165) is 0 Å². The molecular weight excluding hydrogens is 296 g/mol. The van der Waals surface area contributed by atoms with Gasteiger partial charge < -0.3 is 9.64 Å². The van der Waals surface area contributed by atoms with Gasteiger partial charge in [0.1, 0.15) is 5.60 Å². The molecular formula is C16H20N4O3. The lowest BCUT2D eigenvalue weighted by atomic mass is 10.1. The Balaban J connectivity index is 2.15. The molecule has 1 aliphatic rings. The lowest BCUT2D eigenvalue weighted by Gasteiger charge is -2.21. The lowest BCUT2D eigenvalue weighted by Crippen LogP contribution is -2.26. The maximum Gasteiger partial charge on any atom is 0.338 e. The molecule has 23 heavy (non-hydrogen) atoms. The molecule has 0 N–H and O–H groups in total. The summed E-state index contributed by atoms with van der Waals surface area (Å²) in [4.78, 5) is 28.6. The fraction of sp³-hybridized carbons (Fsp3) is 0.500. The molecule has 0 bridgehead atoms. The molecule has 1 aromatic rings. The summed E-state index contributed by atoms with van der Waals surface area (Å²) in [6.45, 7) is 6.19. The number of nitrogens with zero attached hydrogens (tertiary/aromatic N) is 4. The molecule has 7 nitrogen and oxygen atoms in total. The highest BCUT2D eigenvalue weighted by molar-refractivity contribution is 5.97. The molecule has 0 aromatic heterocycles. The van der Waals surface area contributed by atoms with Gasteiger partial charge >= 0.3 is 5.97 Å². The van der Waals surface area contributed by atoms with Gasteiger partial charge in [0.2, 0.25) is 5.91 Å². The number of ether oxygens (including phenoxy) is 1. The van der Waals surface area contributed by atoms with Gasteiger partial charge in [-0.2, -0.15) is 0 Å². The highest BCUT2D eigenvalue weighted by Gasteiger charge is 2.30. The Morgan fingerprint density at radius 2 is 2.22 bits per heavy atom. The molecule has 1 amide bonds. The van der Waals surface area contributed by atoms with Gasteiger partial charge in [-0.05, 0) is 50.4 Å². The van der Waals surface area contributed by atoms with Crippen LogP contribution in [0.15, 0.2) is 29.4 Å². The Morgan fingerprint density at radius 1 is 1.48 bits per heavy atom. The Labute approximate surface area is 134 Å². The topological polar surface area (TPSA) is 95.4 Å². The van der Waals surface area contributed by atoms with Crippen LogP contribution in [0.25, 0.3) is 10.4 Å². The molecule has 2 rings (SSSR count). The number of azide groups is 1. The standard InChI is InChI=1S/C16H20N4O3/c1-16(2,3)23-15(22)12-5-4-6-13(8-12)20-10-11(7-14(20)21)9-18-19-17/h4-6,8,11H,7,9-10H2,1-3H3. The number of carbonyl (C=O) groups is 2. The summed E-state index contributed by atoms with van der Waals surface area (Å²) < 4.78 is 5.34. The predicted molar refractivity (Wildman–Crippen MR) is 86.1 cm³/mol. The van der Waals surface area contributed by atoms with Gasteiger partial charge in [-0.1, -0.05) is 11.2 Å². The molecule has 122 valence electrons. The van der Waals surface area contributed by atoms with Crippen LogP contribution in [0.2, 0.25) is 0 Å². The predicted octanol–water partition coefficient (Wildman–Crippen LogP) is 3.31. The van der Waals surface area contributed by atoms with Crippen LogP contribution in [0.5, 0.6) is 0 Å². The first-order valence-electron chi connectivity index (χ1n) is 7.45. The van der Waals surface area contributed by atoms with Crippen molar-refractivity contribution in [1.82, 2.24) is 0 Å². The third-order valence-electron chi connectivity index (χ3n) is 3.40. The van der Waals surface area contributed by atoms with Crippen LogP contribution >= 0.6 is 0 Å². The van der Waals surface area contributed by atoms with Crippen molar-refractivity contribution in [2.24, 2.45) is 11.0 Å². The SMILES string of the molecule is CC(C)(C)OC(=O)c1cccc(N2CC(CN=[N+]=[N-])CC2=O)c1. The van der Waals surface area contributed by atoms with Gasteiger partial charge in [-0.25, -0.2) is 4.79 Å². The van der Waals surface area contributed by atoms with Gasteiger partial charge in [-0.15, -0.1) is 0 Å². The minimum Gasteiger partial charge on any atom is -0.456 e. The fourth-order valence-electron chi connectivity index (χ4n) is 2.44. The van der Waals surface area contributed by atoms with Gasteiger partial charge in [0, 0.05) is 30.1 Å². The first-order chi connectivity index (χ1) is 10.8. The number of anilines is 1. The van der Waals surface area contributed by atoms with Crippen LogP contribution < -0.4 is 4.90 Å². The second-order valence-electron chi connectivity index (χ2n) is 6.54. The van der Waals surface area contributed by atoms with Gasteiger partial charge in [-0.3, -0.25) is 4.79 Å². The number of benzene rings is 1. The zero-order valence-corrected chi connectivity index (χ0v) is 13.5. The minimum absolute atomic E-state index is 0.00332. The van der Waals surface area contributed by atoms with E-state index in [-0.39, 0.29) is 11.8 Å². The minimum atomic E-state index is -0.572. The van der Waals surface area contributed by atoms with Crippen molar-refractivity contribution in [2.75, 3.05) is 18.0 Å². The fourth-order valence-corrected chi connectivity index (χ4v) is 2.44. The van der Waals surface area contributed by atoms with Gasteiger partial charge in [0.25, 0.3) is 0 Å². The second-order valence-corrected chi connectivity index (χ2v) is 6.54. The van der Waals surface area contributed by atoms with Crippen molar-refractivity contribution < 1.29 is 14.3 Å². The van der Waals surface area contributed by atoms with E-state index in [4.69, 9.17) is 10.3 Å². The van der Waals surface area contributed by atoms with E-state index in [2.05, 4.69) is 10.0 Å². The number of carbonyl (C=O) groups excluding carboxylic acids is 2. The van der Waals surface area contributed by atoms with Crippen LogP contribution in [0.1, 0.15) is 37.6 Å². The van der Waals surface area contributed by atoms with Crippen molar-refractivity contribution in [3.8, 4) is 0 Å². The van der Waals surface area contributed by atoms with Crippen molar-refractivity contribution in [1.29, 1.82) is 0 Å². The van der Waals surface area contributed by atoms with Gasteiger partial charge in [0.15, 0.2) is 0 Å². The monoisotopic (exact) mass is 316 g/mol. The zero-order chi connectivity index (χ0) is 17.0. The molecule has 1 atom stereocenters. The van der Waals surface area contributed by atoms with Crippen molar-refractivity contribution in [3.63, 3.8) is 0 Å². The molecule has 0 radical (unpaired) electrons. The molecule has 1 heterocycles. The maximum absolute atomic E-state index is 12.1. The highest BCUT2D eigenvalue weighted by Crippen LogP contribution is 2.26. The van der Waals surface area contributed by atoms with Crippen LogP contribution in [-0.2, 0) is 9.53 Å². The molecule has 0 spiro atoms. The average molecular weight is 316 g/mol. The average Bonchev–Trinajstić information content (AvgIpc) is 2.84. The first-order valence-corrected chi connectivity index (χ1v) is 7.45. The molecule has 7 heteroatoms. The summed E-state index contributed by atoms with van der Waals surface area (Å²) in [7, 11) is 0. The number of esters is 1. The molecule has 1 aliphatic heterocycles. The third-order valence-corrected chi connectivity index (χ3v) is 3.40. The summed E-state index contributed by atoms with van der Waals surface area (Å²) in [6.07, 6.45) is 0.343. The number of amides is 1. The van der Waals surface area contributed by atoms with E-state index in [1.807, 2.05) is 0 Å². The van der Waals surface area contributed by atoms with E-state index in [1.165, 1.54) is 0 Å². The van der Waals surface area contributed by atoms with Crippen molar-refractivity contribution in [3.05, 3.63) is 40.3 Å². The molecule has 1 aromatic carbocycles. The quantitative estimate of drug-likeness (QED) is 0.369. The molecule has 0 saturated carbocycles. The summed E-state index contributed by atoms with van der Waals surface area (Å²) in [5.41, 5.74) is 8.86. The summed E-state index contributed by atoms with van der Waals surface area (Å²) in [6, 6.07) is 6.82. The third kappa shape index (κ3) is 4.47. The Hall–Kier alpha value is -2.53. The Kier molecular flexibility index (Phi) is 4.91. The normalized spacial score (nSPS) is 17.8. The Morgan fingerprint density at radius 3 is 2.87 bits per heavy atom. The largest absolute Gasteiger partial charge is 0.456 e.